The SMILES string of the molecule is [B]C(Nc1cc(F)c2ncc(C#N)c(NC(CCC#N)c3ccccc3)c2c1)(C1=CN(C2CC2)NN1)c1cccc(C#N)c1. The van der Waals surface area contributed by atoms with Gasteiger partial charge >= 0.3 is 0 Å². The van der Waals surface area contributed by atoms with E-state index in [9.17, 15) is 15.8 Å². The molecular weight excluding hydrogens is 552 g/mol. The van der Waals surface area contributed by atoms with Gasteiger partial charge in [-0.25, -0.2) is 4.39 Å². The van der Waals surface area contributed by atoms with Crippen LogP contribution in [-0.4, -0.2) is 23.9 Å². The zero-order valence-electron chi connectivity index (χ0n) is 23.7. The smallest absolute Gasteiger partial charge is 0.151 e. The van der Waals surface area contributed by atoms with Gasteiger partial charge in [0.25, 0.3) is 0 Å². The van der Waals surface area contributed by atoms with Gasteiger partial charge in [0.05, 0.1) is 46.1 Å². The molecule has 9 nitrogen and oxygen atoms in total. The van der Waals surface area contributed by atoms with Crippen molar-refractivity contribution in [2.24, 2.45) is 0 Å². The third kappa shape index (κ3) is 5.59. The van der Waals surface area contributed by atoms with Crippen LogP contribution >= 0.6 is 0 Å². The lowest BCUT2D eigenvalue weighted by Gasteiger charge is -2.34. The Kier molecular flexibility index (Phi) is 7.77. The molecule has 2 atom stereocenters. The molecule has 3 aromatic carbocycles. The minimum atomic E-state index is -1.41. The van der Waals surface area contributed by atoms with Crippen LogP contribution in [0.2, 0.25) is 0 Å². The first kappa shape index (κ1) is 28.5. The highest BCUT2D eigenvalue weighted by atomic mass is 19.1. The van der Waals surface area contributed by atoms with Crippen molar-refractivity contribution in [1.82, 2.24) is 21.0 Å². The van der Waals surface area contributed by atoms with Gasteiger partial charge in [0.15, 0.2) is 5.82 Å². The van der Waals surface area contributed by atoms with Crippen LogP contribution in [0, 0.1) is 39.8 Å². The topological polar surface area (TPSA) is 136 Å². The number of rotatable bonds is 10. The molecule has 1 fully saturated rings. The summed E-state index contributed by atoms with van der Waals surface area (Å²) in [6, 6.07) is 26.1. The molecule has 0 saturated heterocycles. The van der Waals surface area contributed by atoms with Crippen LogP contribution in [0.3, 0.4) is 0 Å². The van der Waals surface area contributed by atoms with Crippen LogP contribution in [0.4, 0.5) is 15.8 Å². The summed E-state index contributed by atoms with van der Waals surface area (Å²) in [6.07, 6.45) is 6.07. The number of nitrogens with one attached hydrogen (secondary N) is 4. The number of hydrogen-bond acceptors (Lipinski definition) is 9. The van der Waals surface area contributed by atoms with Crippen molar-refractivity contribution in [2.75, 3.05) is 10.6 Å². The molecule has 11 heteroatoms. The van der Waals surface area contributed by atoms with Gasteiger partial charge in [-0.1, -0.05) is 42.5 Å². The molecule has 1 aliphatic heterocycles. The first-order chi connectivity index (χ1) is 21.4. The van der Waals surface area contributed by atoms with Gasteiger partial charge in [0, 0.05) is 35.9 Å². The van der Waals surface area contributed by atoms with Crippen LogP contribution in [0.15, 0.2) is 84.8 Å². The number of halogens is 1. The highest BCUT2D eigenvalue weighted by Gasteiger charge is 2.38. The normalized spacial score (nSPS) is 16.0. The number of anilines is 2. The largest absolute Gasteiger partial charge is 0.378 e. The molecule has 0 bridgehead atoms. The number of nitrogens with zero attached hydrogens (tertiary/aromatic N) is 5. The third-order valence-electron chi connectivity index (χ3n) is 7.85. The van der Waals surface area contributed by atoms with Gasteiger partial charge in [-0.2, -0.15) is 15.8 Å². The number of benzene rings is 3. The van der Waals surface area contributed by atoms with Gasteiger partial charge < -0.3 is 16.1 Å². The van der Waals surface area contributed by atoms with Crippen molar-refractivity contribution in [3.05, 3.63) is 113 Å². The molecule has 2 radical (unpaired) electrons. The highest BCUT2D eigenvalue weighted by Crippen LogP contribution is 2.38. The van der Waals surface area contributed by atoms with Gasteiger partial charge in [0.1, 0.15) is 19.4 Å². The fourth-order valence-electron chi connectivity index (χ4n) is 5.40. The van der Waals surface area contributed by atoms with Crippen LogP contribution in [0.1, 0.15) is 54.0 Å². The molecular formula is C33H27BFN9. The molecule has 214 valence electrons. The molecule has 1 aromatic heterocycles. The van der Waals surface area contributed by atoms with E-state index in [0.717, 1.165) is 18.4 Å². The number of hydrogen-bond donors (Lipinski definition) is 4. The number of fused-ring (bicyclic) bond motifs is 1. The van der Waals surface area contributed by atoms with E-state index in [4.69, 9.17) is 7.85 Å². The number of aromatic nitrogens is 1. The summed E-state index contributed by atoms with van der Waals surface area (Å²) < 4.78 is 15.8. The van der Waals surface area contributed by atoms with Crippen molar-refractivity contribution in [1.29, 1.82) is 15.8 Å². The second-order valence-electron chi connectivity index (χ2n) is 10.9. The Bertz CT molecular complexity index is 1870. The van der Waals surface area contributed by atoms with Crippen LogP contribution in [-0.2, 0) is 5.44 Å². The monoisotopic (exact) mass is 579 g/mol. The molecule has 44 heavy (non-hydrogen) atoms. The lowest BCUT2D eigenvalue weighted by molar-refractivity contribution is 0.260. The van der Waals surface area contributed by atoms with E-state index in [1.807, 2.05) is 41.5 Å². The minimum absolute atomic E-state index is 0.0815. The zero-order chi connectivity index (χ0) is 30.7. The average molecular weight is 579 g/mol. The van der Waals surface area contributed by atoms with E-state index in [0.29, 0.717) is 46.0 Å². The van der Waals surface area contributed by atoms with E-state index in [1.165, 1.54) is 12.3 Å². The lowest BCUT2D eigenvalue weighted by atomic mass is 9.69. The predicted octanol–water partition coefficient (Wildman–Crippen LogP) is 5.34. The van der Waals surface area contributed by atoms with E-state index < -0.39 is 11.3 Å². The van der Waals surface area contributed by atoms with Crippen molar-refractivity contribution in [3.8, 4) is 18.2 Å². The molecule has 0 amide bonds. The number of nitriles is 3. The highest BCUT2D eigenvalue weighted by molar-refractivity contribution is 6.19. The molecule has 2 heterocycles. The Balaban J connectivity index is 1.45. The van der Waals surface area contributed by atoms with E-state index in [1.54, 1.807) is 30.3 Å². The molecule has 6 rings (SSSR count). The fraction of sp³-hybridized carbons (Fsp3) is 0.212. The van der Waals surface area contributed by atoms with Crippen LogP contribution in [0.25, 0.3) is 10.9 Å². The lowest BCUT2D eigenvalue weighted by Crippen LogP contribution is -2.45. The van der Waals surface area contributed by atoms with Crippen molar-refractivity contribution >= 4 is 30.1 Å². The van der Waals surface area contributed by atoms with E-state index >= 15 is 4.39 Å². The maximum absolute atomic E-state index is 15.8. The molecule has 1 aliphatic carbocycles. The summed E-state index contributed by atoms with van der Waals surface area (Å²) in [6.45, 7) is 0. The van der Waals surface area contributed by atoms with E-state index in [-0.39, 0.29) is 23.5 Å². The minimum Gasteiger partial charge on any atom is -0.378 e. The van der Waals surface area contributed by atoms with Crippen LogP contribution in [0.5, 0.6) is 0 Å². The quantitative estimate of drug-likeness (QED) is 0.184. The summed E-state index contributed by atoms with van der Waals surface area (Å²) in [5.74, 6) is -0.606. The number of pyridine rings is 1. The standard InChI is InChI=1S/C33H27BFN9/c34-33(24-9-4-6-21(14-24)17-37,30-20-44(43-42-30)26-11-12-26)41-25-15-27-31(23(18-38)19-39-32(27)28(35)16-25)40-29(10-5-13-36)22-7-2-1-3-8-22/h1-4,6-9,14-16,19-20,26,29,41-43H,5,10-12H2,(H,39,40). The number of hydrazine groups is 2. The summed E-state index contributed by atoms with van der Waals surface area (Å²) in [7, 11) is 7.11. The Hall–Kier alpha value is -5.57. The summed E-state index contributed by atoms with van der Waals surface area (Å²) >= 11 is 0. The maximum atomic E-state index is 15.8. The van der Waals surface area contributed by atoms with Crippen molar-refractivity contribution in [3.63, 3.8) is 0 Å². The third-order valence-corrected chi connectivity index (χ3v) is 7.85. The van der Waals surface area contributed by atoms with Crippen molar-refractivity contribution < 1.29 is 4.39 Å². The predicted molar refractivity (Wildman–Crippen MR) is 165 cm³/mol. The molecule has 4 aromatic rings. The zero-order valence-corrected chi connectivity index (χ0v) is 23.7. The second kappa shape index (κ2) is 12.0. The Labute approximate surface area is 256 Å². The fourth-order valence-corrected chi connectivity index (χ4v) is 5.40. The second-order valence-corrected chi connectivity index (χ2v) is 10.9. The van der Waals surface area contributed by atoms with E-state index in [2.05, 4.69) is 44.8 Å². The Morgan fingerprint density at radius 3 is 2.61 bits per heavy atom. The molecule has 2 aliphatic rings. The van der Waals surface area contributed by atoms with Gasteiger partial charge in [-0.15, -0.1) is 5.53 Å². The Morgan fingerprint density at radius 1 is 1.07 bits per heavy atom. The van der Waals surface area contributed by atoms with Gasteiger partial charge in [-0.3, -0.25) is 9.99 Å². The average Bonchev–Trinajstić information content (AvgIpc) is 3.78. The molecule has 2 unspecified atom stereocenters. The maximum Gasteiger partial charge on any atom is 0.151 e. The van der Waals surface area contributed by atoms with Crippen molar-refractivity contribution in [2.45, 2.75) is 43.2 Å². The molecule has 4 N–H and O–H groups in total. The first-order valence-electron chi connectivity index (χ1n) is 14.2. The summed E-state index contributed by atoms with van der Waals surface area (Å²) in [5, 5.41) is 38.0. The summed E-state index contributed by atoms with van der Waals surface area (Å²) in [4.78, 5) is 4.26. The van der Waals surface area contributed by atoms with Gasteiger partial charge in [-0.05, 0) is 54.7 Å². The summed E-state index contributed by atoms with van der Waals surface area (Å²) in [5.41, 5.74) is 8.43. The van der Waals surface area contributed by atoms with Crippen LogP contribution < -0.4 is 21.6 Å². The molecule has 1 saturated carbocycles. The molecule has 0 spiro atoms. The van der Waals surface area contributed by atoms with Gasteiger partial charge in [0.2, 0.25) is 0 Å². The first-order valence-corrected chi connectivity index (χ1v) is 14.2. The Morgan fingerprint density at radius 2 is 1.89 bits per heavy atom.